The fourth-order valence-electron chi connectivity index (χ4n) is 5.81. The van der Waals surface area contributed by atoms with Crippen LogP contribution in [0.3, 0.4) is 0 Å². The fourth-order valence-corrected chi connectivity index (χ4v) is 5.81. The lowest BCUT2D eigenvalue weighted by Crippen LogP contribution is -2.23. The van der Waals surface area contributed by atoms with E-state index in [1.165, 1.54) is 48.2 Å². The highest BCUT2D eigenvalue weighted by molar-refractivity contribution is 5.96. The third-order valence-electron chi connectivity index (χ3n) is 7.64. The van der Waals surface area contributed by atoms with E-state index >= 15 is 0 Å². The Morgan fingerprint density at radius 2 is 1.44 bits per heavy atom. The number of aromatic amines is 2. The van der Waals surface area contributed by atoms with Crippen molar-refractivity contribution >= 4 is 10.8 Å². The molecular formula is C26H30N6. The number of aromatic nitrogens is 6. The number of hydrogen-bond acceptors (Lipinski definition) is 4. The second-order valence-corrected chi connectivity index (χ2v) is 10.8. The highest BCUT2D eigenvalue weighted by Gasteiger charge is 2.34. The Balaban J connectivity index is 1.58. The summed E-state index contributed by atoms with van der Waals surface area (Å²) in [6, 6.07) is 4.19. The highest BCUT2D eigenvalue weighted by Crippen LogP contribution is 2.42. The first-order valence-electron chi connectivity index (χ1n) is 11.8. The number of nitrogens with one attached hydrogen (secondary N) is 2. The zero-order valence-electron chi connectivity index (χ0n) is 19.3. The van der Waals surface area contributed by atoms with Crippen LogP contribution in [-0.4, -0.2) is 30.4 Å². The minimum Gasteiger partial charge on any atom is -0.281 e. The van der Waals surface area contributed by atoms with E-state index in [-0.39, 0.29) is 10.8 Å². The van der Waals surface area contributed by atoms with Crippen LogP contribution in [0.2, 0.25) is 0 Å². The van der Waals surface area contributed by atoms with Crippen molar-refractivity contribution < 1.29 is 0 Å². The molecule has 2 aliphatic rings. The Morgan fingerprint density at radius 3 is 2.12 bits per heavy atom. The summed E-state index contributed by atoms with van der Waals surface area (Å²) in [4.78, 5) is 9.60. The summed E-state index contributed by atoms with van der Waals surface area (Å²) in [7, 11) is 0. The Hall–Kier alpha value is -3.02. The summed E-state index contributed by atoms with van der Waals surface area (Å²) in [5.74, 6) is 0. The molecule has 0 atom stereocenters. The average Bonchev–Trinajstić information content (AvgIpc) is 3.39. The normalized spacial score (nSPS) is 19.0. The van der Waals surface area contributed by atoms with E-state index in [0.717, 1.165) is 46.4 Å². The van der Waals surface area contributed by atoms with E-state index in [2.05, 4.69) is 55.0 Å². The third-order valence-corrected chi connectivity index (χ3v) is 7.64. The van der Waals surface area contributed by atoms with Crippen LogP contribution < -0.4 is 0 Å². The zero-order valence-corrected chi connectivity index (χ0v) is 19.3. The summed E-state index contributed by atoms with van der Waals surface area (Å²) in [5.41, 5.74) is 9.17. The summed E-state index contributed by atoms with van der Waals surface area (Å²) >= 11 is 0. The van der Waals surface area contributed by atoms with Crippen LogP contribution in [0.25, 0.3) is 33.5 Å². The molecule has 2 aliphatic carbocycles. The molecule has 32 heavy (non-hydrogen) atoms. The van der Waals surface area contributed by atoms with Gasteiger partial charge in [0.05, 0.1) is 11.4 Å². The maximum Gasteiger partial charge on any atom is 0.115 e. The summed E-state index contributed by atoms with van der Waals surface area (Å²) in [6.07, 6.45) is 10.6. The molecule has 4 heterocycles. The topological polar surface area (TPSA) is 83.1 Å². The maximum atomic E-state index is 5.20. The predicted molar refractivity (Wildman–Crippen MR) is 127 cm³/mol. The summed E-state index contributed by atoms with van der Waals surface area (Å²) in [5, 5.41) is 18.5. The van der Waals surface area contributed by atoms with Gasteiger partial charge in [-0.15, -0.1) is 0 Å². The van der Waals surface area contributed by atoms with Crippen LogP contribution in [0.15, 0.2) is 24.5 Å². The van der Waals surface area contributed by atoms with Crippen molar-refractivity contribution in [2.45, 2.75) is 77.0 Å². The summed E-state index contributed by atoms with van der Waals surface area (Å²) in [6.45, 7) is 9.20. The van der Waals surface area contributed by atoms with E-state index in [1.807, 2.05) is 12.4 Å². The zero-order chi connectivity index (χ0) is 22.1. The minimum atomic E-state index is 0.112. The lowest BCUT2D eigenvalue weighted by molar-refractivity contribution is 0.420. The van der Waals surface area contributed by atoms with Crippen LogP contribution in [0.4, 0.5) is 0 Å². The van der Waals surface area contributed by atoms with Crippen LogP contribution in [0.5, 0.6) is 0 Å². The van der Waals surface area contributed by atoms with Crippen molar-refractivity contribution in [3.05, 3.63) is 47.0 Å². The molecule has 0 bridgehead atoms. The molecule has 0 fully saturated rings. The largest absolute Gasteiger partial charge is 0.281 e. The smallest absolute Gasteiger partial charge is 0.115 e. The number of nitrogens with zero attached hydrogens (tertiary/aromatic N) is 4. The molecule has 0 spiro atoms. The molecule has 164 valence electrons. The molecule has 6 rings (SSSR count). The second-order valence-electron chi connectivity index (χ2n) is 10.8. The number of H-pyrrole nitrogens is 2. The molecule has 0 amide bonds. The van der Waals surface area contributed by atoms with Gasteiger partial charge in [0.15, 0.2) is 0 Å². The first-order chi connectivity index (χ1) is 15.4. The van der Waals surface area contributed by atoms with Crippen LogP contribution in [-0.2, 0) is 23.7 Å². The lowest BCUT2D eigenvalue weighted by atomic mass is 9.76. The Kier molecular flexibility index (Phi) is 4.14. The molecule has 4 aromatic rings. The standard InChI is InChI=1S/C26H30N6/c1-25(2)10-5-7-17-20(29-31-23(17)25)19-13-15-14-27-12-9-16(15)21(28-19)22-18-8-6-11-26(3,4)24(18)32-30-22/h9,12-14H,5-8,10-11H2,1-4H3,(H,29,31)(H,30,32). The predicted octanol–water partition coefficient (Wildman–Crippen LogP) is 5.64. The molecule has 2 N–H and O–H groups in total. The molecule has 0 saturated carbocycles. The Labute approximate surface area is 188 Å². The van der Waals surface area contributed by atoms with Gasteiger partial charge in [0.25, 0.3) is 0 Å². The first kappa shape index (κ1) is 19.6. The van der Waals surface area contributed by atoms with Crippen molar-refractivity contribution in [3.63, 3.8) is 0 Å². The summed E-state index contributed by atoms with van der Waals surface area (Å²) < 4.78 is 0. The van der Waals surface area contributed by atoms with Gasteiger partial charge in [-0.1, -0.05) is 27.7 Å². The van der Waals surface area contributed by atoms with Gasteiger partial charge in [-0.05, 0) is 50.7 Å². The lowest BCUT2D eigenvalue weighted by Gasteiger charge is -2.29. The van der Waals surface area contributed by atoms with Gasteiger partial charge in [0.2, 0.25) is 0 Å². The third kappa shape index (κ3) is 2.85. The monoisotopic (exact) mass is 426 g/mol. The van der Waals surface area contributed by atoms with Gasteiger partial charge in [-0.2, -0.15) is 10.2 Å². The van der Waals surface area contributed by atoms with Gasteiger partial charge in [-0.25, -0.2) is 4.98 Å². The van der Waals surface area contributed by atoms with Gasteiger partial charge in [0.1, 0.15) is 11.4 Å². The van der Waals surface area contributed by atoms with Crippen molar-refractivity contribution in [2.75, 3.05) is 0 Å². The van der Waals surface area contributed by atoms with Gasteiger partial charge >= 0.3 is 0 Å². The molecule has 0 radical (unpaired) electrons. The second kappa shape index (κ2) is 6.74. The SMILES string of the molecule is CC1(C)CCCc2c(-c3cc4cnccc4c(-c4n[nH]c5c4CCCC5(C)C)n3)n[nH]c21. The molecule has 0 saturated heterocycles. The Morgan fingerprint density at radius 1 is 0.812 bits per heavy atom. The van der Waals surface area contributed by atoms with E-state index in [9.17, 15) is 0 Å². The van der Waals surface area contributed by atoms with E-state index in [0.29, 0.717) is 0 Å². The fraction of sp³-hybridized carbons (Fsp3) is 0.462. The van der Waals surface area contributed by atoms with Gasteiger partial charge in [-0.3, -0.25) is 15.2 Å². The first-order valence-corrected chi connectivity index (χ1v) is 11.8. The van der Waals surface area contributed by atoms with Crippen molar-refractivity contribution in [1.82, 2.24) is 30.4 Å². The molecular weight excluding hydrogens is 396 g/mol. The van der Waals surface area contributed by atoms with Crippen LogP contribution >= 0.6 is 0 Å². The van der Waals surface area contributed by atoms with E-state index in [4.69, 9.17) is 15.2 Å². The average molecular weight is 427 g/mol. The van der Waals surface area contributed by atoms with Crippen LogP contribution in [0, 0.1) is 0 Å². The molecule has 0 aromatic carbocycles. The van der Waals surface area contributed by atoms with Gasteiger partial charge < -0.3 is 0 Å². The number of rotatable bonds is 2. The quantitative estimate of drug-likeness (QED) is 0.435. The van der Waals surface area contributed by atoms with Crippen molar-refractivity contribution in [2.24, 2.45) is 0 Å². The molecule has 0 aliphatic heterocycles. The van der Waals surface area contributed by atoms with Crippen molar-refractivity contribution in [3.8, 4) is 22.8 Å². The maximum absolute atomic E-state index is 5.20. The minimum absolute atomic E-state index is 0.112. The van der Waals surface area contributed by atoms with Gasteiger partial charge in [0, 0.05) is 56.5 Å². The molecule has 4 aromatic heterocycles. The molecule has 6 nitrogen and oxygen atoms in total. The highest BCUT2D eigenvalue weighted by atomic mass is 15.2. The molecule has 0 unspecified atom stereocenters. The van der Waals surface area contributed by atoms with E-state index < -0.39 is 0 Å². The number of pyridine rings is 2. The molecule has 6 heteroatoms. The number of hydrogen-bond donors (Lipinski definition) is 2. The Bertz CT molecular complexity index is 1340. The number of fused-ring (bicyclic) bond motifs is 3. The van der Waals surface area contributed by atoms with Crippen molar-refractivity contribution in [1.29, 1.82) is 0 Å². The van der Waals surface area contributed by atoms with E-state index in [1.54, 1.807) is 0 Å². The van der Waals surface area contributed by atoms with Crippen LogP contribution in [0.1, 0.15) is 75.9 Å².